The van der Waals surface area contributed by atoms with Gasteiger partial charge in [0.2, 0.25) is 0 Å². The average molecular weight is 371 g/mol. The van der Waals surface area contributed by atoms with E-state index in [1.165, 1.54) is 32.1 Å². The molecule has 1 saturated carbocycles. The number of hydrogen-bond donors (Lipinski definition) is 2. The van der Waals surface area contributed by atoms with Gasteiger partial charge in [0.1, 0.15) is 0 Å². The number of nitrogens with two attached hydrogens (primary N) is 1. The van der Waals surface area contributed by atoms with Gasteiger partial charge in [-0.3, -0.25) is 4.79 Å². The molecular weight excluding hydrogens is 328 g/mol. The van der Waals surface area contributed by atoms with Crippen molar-refractivity contribution in [3.8, 4) is 0 Å². The Morgan fingerprint density at radius 1 is 1.24 bits per heavy atom. The molecule has 0 radical (unpaired) electrons. The van der Waals surface area contributed by atoms with Crippen LogP contribution in [0.4, 0.5) is 0 Å². The molecular formula is C20H42N2O2Si. The Balaban J connectivity index is 3.06. The number of amides is 1. The van der Waals surface area contributed by atoms with Crippen molar-refractivity contribution >= 4 is 14.9 Å². The van der Waals surface area contributed by atoms with E-state index in [0.717, 1.165) is 19.3 Å². The normalized spacial score (nSPS) is 20.3. The average Bonchev–Trinajstić information content (AvgIpc) is 2.52. The molecule has 0 aromatic carbocycles. The van der Waals surface area contributed by atoms with Gasteiger partial charge in [0.15, 0.2) is 14.6 Å². The Labute approximate surface area is 157 Å². The smallest absolute Gasteiger partial charge is 0.253 e. The summed E-state index contributed by atoms with van der Waals surface area (Å²) < 4.78 is 6.50. The number of hydrogen-bond acceptors (Lipinski definition) is 3. The summed E-state index contributed by atoms with van der Waals surface area (Å²) in [6.07, 6.45) is 9.35. The van der Waals surface area contributed by atoms with Gasteiger partial charge in [-0.05, 0) is 31.9 Å². The van der Waals surface area contributed by atoms with Crippen LogP contribution in [0.5, 0.6) is 0 Å². The summed E-state index contributed by atoms with van der Waals surface area (Å²) >= 11 is 0. The van der Waals surface area contributed by atoms with Gasteiger partial charge in [-0.2, -0.15) is 0 Å². The molecule has 0 aromatic rings. The molecule has 0 bridgehead atoms. The summed E-state index contributed by atoms with van der Waals surface area (Å²) in [7, 11) is -1.45. The van der Waals surface area contributed by atoms with Crippen molar-refractivity contribution in [1.29, 1.82) is 0 Å². The van der Waals surface area contributed by atoms with Gasteiger partial charge in [0.25, 0.3) is 5.91 Å². The Bertz CT molecular complexity index is 403. The fourth-order valence-corrected chi connectivity index (χ4v) is 5.59. The molecule has 148 valence electrons. The fraction of sp³-hybridized carbons (Fsp3) is 0.950. The third kappa shape index (κ3) is 6.07. The van der Waals surface area contributed by atoms with Crippen LogP contribution in [0.3, 0.4) is 0 Å². The molecule has 25 heavy (non-hydrogen) atoms. The SMILES string of the molecule is CCCCNC(=O)[C@](O[SiH](C)C)([C@@H](N)CC1CCCCC1)C(C)(C)C. The molecule has 2 atom stereocenters. The number of carbonyl (C=O) groups is 1. The molecule has 1 aliphatic rings. The fourth-order valence-electron chi connectivity index (χ4n) is 4.21. The first-order valence-electron chi connectivity index (χ1n) is 10.4. The van der Waals surface area contributed by atoms with Gasteiger partial charge in [-0.15, -0.1) is 0 Å². The quantitative estimate of drug-likeness (QED) is 0.476. The highest BCUT2D eigenvalue weighted by atomic mass is 28.3. The molecule has 1 amide bonds. The zero-order valence-electron chi connectivity index (χ0n) is 17.5. The lowest BCUT2D eigenvalue weighted by atomic mass is 9.68. The number of nitrogens with one attached hydrogen (secondary N) is 1. The lowest BCUT2D eigenvalue weighted by Gasteiger charge is -2.49. The largest absolute Gasteiger partial charge is 0.405 e. The summed E-state index contributed by atoms with van der Waals surface area (Å²) in [4.78, 5) is 13.3. The van der Waals surface area contributed by atoms with E-state index in [1.54, 1.807) is 0 Å². The molecule has 0 saturated heterocycles. The lowest BCUT2D eigenvalue weighted by Crippen LogP contribution is -2.68. The predicted molar refractivity (Wildman–Crippen MR) is 109 cm³/mol. The van der Waals surface area contributed by atoms with Crippen LogP contribution in [-0.2, 0) is 9.22 Å². The zero-order valence-corrected chi connectivity index (χ0v) is 18.6. The van der Waals surface area contributed by atoms with Gasteiger partial charge in [0.05, 0.1) is 0 Å². The van der Waals surface area contributed by atoms with Crippen LogP contribution in [0.25, 0.3) is 0 Å². The first kappa shape index (κ1) is 22.6. The van der Waals surface area contributed by atoms with Crippen LogP contribution in [0.2, 0.25) is 13.1 Å². The molecule has 0 spiro atoms. The Morgan fingerprint density at radius 2 is 1.84 bits per heavy atom. The maximum atomic E-state index is 13.3. The second kappa shape index (κ2) is 10.1. The van der Waals surface area contributed by atoms with E-state index in [-0.39, 0.29) is 17.4 Å². The van der Waals surface area contributed by atoms with Gasteiger partial charge >= 0.3 is 0 Å². The second-order valence-corrected chi connectivity index (χ2v) is 11.4. The topological polar surface area (TPSA) is 64.3 Å². The van der Waals surface area contributed by atoms with Crippen molar-refractivity contribution < 1.29 is 9.22 Å². The molecule has 1 rings (SSSR count). The number of carbonyl (C=O) groups excluding carboxylic acids is 1. The Kier molecular flexibility index (Phi) is 9.13. The van der Waals surface area contributed by atoms with Crippen molar-refractivity contribution in [3.05, 3.63) is 0 Å². The summed E-state index contributed by atoms with van der Waals surface area (Å²) in [5.41, 5.74) is 5.49. The minimum Gasteiger partial charge on any atom is -0.405 e. The number of unbranched alkanes of at least 4 members (excludes halogenated alkanes) is 1. The molecule has 3 N–H and O–H groups in total. The van der Waals surface area contributed by atoms with E-state index in [9.17, 15) is 4.79 Å². The maximum Gasteiger partial charge on any atom is 0.253 e. The van der Waals surface area contributed by atoms with Crippen LogP contribution < -0.4 is 11.1 Å². The summed E-state index contributed by atoms with van der Waals surface area (Å²) in [5, 5.41) is 3.13. The Hall–Kier alpha value is -0.393. The zero-order chi connectivity index (χ0) is 19.1. The van der Waals surface area contributed by atoms with Crippen molar-refractivity contribution in [2.75, 3.05) is 6.54 Å². The Morgan fingerprint density at radius 3 is 2.32 bits per heavy atom. The van der Waals surface area contributed by atoms with Crippen LogP contribution in [0.1, 0.15) is 79.1 Å². The van der Waals surface area contributed by atoms with E-state index in [1.807, 2.05) is 0 Å². The van der Waals surface area contributed by atoms with Crippen LogP contribution in [-0.4, -0.2) is 33.1 Å². The second-order valence-electron chi connectivity index (χ2n) is 9.11. The summed E-state index contributed by atoms with van der Waals surface area (Å²) in [6, 6.07) is -0.257. The molecule has 1 aliphatic carbocycles. The van der Waals surface area contributed by atoms with Gasteiger partial charge in [-0.1, -0.05) is 66.2 Å². The van der Waals surface area contributed by atoms with Gasteiger partial charge in [0, 0.05) is 18.0 Å². The van der Waals surface area contributed by atoms with E-state index in [0.29, 0.717) is 12.5 Å². The van der Waals surface area contributed by atoms with Crippen molar-refractivity contribution in [3.63, 3.8) is 0 Å². The minimum atomic E-state index is -1.45. The van der Waals surface area contributed by atoms with E-state index in [4.69, 9.17) is 10.2 Å². The maximum absolute atomic E-state index is 13.3. The van der Waals surface area contributed by atoms with Crippen molar-refractivity contribution in [2.24, 2.45) is 17.1 Å². The van der Waals surface area contributed by atoms with Crippen molar-refractivity contribution in [1.82, 2.24) is 5.32 Å². The van der Waals surface area contributed by atoms with Crippen LogP contribution >= 0.6 is 0 Å². The van der Waals surface area contributed by atoms with Crippen LogP contribution in [0.15, 0.2) is 0 Å². The van der Waals surface area contributed by atoms with E-state index in [2.05, 4.69) is 46.1 Å². The van der Waals surface area contributed by atoms with Gasteiger partial charge in [-0.25, -0.2) is 0 Å². The number of rotatable bonds is 9. The first-order chi connectivity index (χ1) is 11.6. The van der Waals surface area contributed by atoms with Crippen molar-refractivity contribution in [2.45, 2.75) is 104 Å². The predicted octanol–water partition coefficient (Wildman–Crippen LogP) is 3.99. The minimum absolute atomic E-state index is 0.00189. The molecule has 1 fully saturated rings. The molecule has 0 unspecified atom stereocenters. The molecule has 0 heterocycles. The summed E-state index contributed by atoms with van der Waals surface area (Å²) in [6.45, 7) is 13.4. The van der Waals surface area contributed by atoms with Gasteiger partial charge < -0.3 is 15.5 Å². The molecule has 4 nitrogen and oxygen atoms in total. The highest BCUT2D eigenvalue weighted by Gasteiger charge is 2.54. The third-order valence-corrected chi connectivity index (χ3v) is 6.37. The highest BCUT2D eigenvalue weighted by molar-refractivity contribution is 6.48. The monoisotopic (exact) mass is 370 g/mol. The highest BCUT2D eigenvalue weighted by Crippen LogP contribution is 2.40. The first-order valence-corrected chi connectivity index (χ1v) is 13.1. The molecule has 0 aliphatic heterocycles. The summed E-state index contributed by atoms with van der Waals surface area (Å²) in [5.74, 6) is 0.629. The lowest BCUT2D eigenvalue weighted by molar-refractivity contribution is -0.152. The third-order valence-electron chi connectivity index (χ3n) is 5.52. The standard InChI is InChI=1S/C20H42N2O2Si/c1-7-8-14-22-18(23)20(19(2,3)4,24-25(5)6)17(21)15-16-12-10-9-11-13-16/h16-17,25H,7-15,21H2,1-6H3,(H,22,23)/t17-,20+/m0/s1. The molecule has 5 heteroatoms. The van der Waals surface area contributed by atoms with E-state index >= 15 is 0 Å². The molecule has 0 aromatic heterocycles. The van der Waals surface area contributed by atoms with Crippen LogP contribution in [0, 0.1) is 11.3 Å². The van der Waals surface area contributed by atoms with E-state index < -0.39 is 14.6 Å².